The van der Waals surface area contributed by atoms with Crippen molar-refractivity contribution in [3.05, 3.63) is 72.6 Å². The van der Waals surface area contributed by atoms with Crippen LogP contribution in [0.15, 0.2) is 65.4 Å². The number of fused-ring (bicyclic) bond motifs is 1. The lowest BCUT2D eigenvalue weighted by atomic mass is 9.97. The molecule has 0 radical (unpaired) electrons. The second kappa shape index (κ2) is 8.26. The summed E-state index contributed by atoms with van der Waals surface area (Å²) in [6, 6.07) is 15.6. The average Bonchev–Trinajstić information content (AvgIpc) is 3.48. The average molecular weight is 416 g/mol. The Hall–Kier alpha value is -3.61. The third-order valence-electron chi connectivity index (χ3n) is 5.80. The molecule has 0 bridgehead atoms. The zero-order valence-electron chi connectivity index (χ0n) is 17.4. The van der Waals surface area contributed by atoms with Crippen molar-refractivity contribution in [3.8, 4) is 16.9 Å². The fourth-order valence-corrected chi connectivity index (χ4v) is 4.14. The predicted octanol–water partition coefficient (Wildman–Crippen LogP) is 3.95. The molecule has 0 unspecified atom stereocenters. The molecule has 158 valence electrons. The SMILES string of the molecule is COc1cccc(-c2ccc3nc([C@@H]4CCCN(C(=O)Cc5ccco5)C4)nn3c2)c1. The van der Waals surface area contributed by atoms with E-state index in [2.05, 4.69) is 0 Å². The number of furan rings is 1. The van der Waals surface area contributed by atoms with Crippen LogP contribution in [-0.2, 0) is 11.2 Å². The van der Waals surface area contributed by atoms with E-state index in [1.54, 1.807) is 13.4 Å². The van der Waals surface area contributed by atoms with Gasteiger partial charge in [-0.05, 0) is 54.8 Å². The summed E-state index contributed by atoms with van der Waals surface area (Å²) in [6.45, 7) is 1.41. The molecule has 1 aliphatic rings. The molecule has 1 fully saturated rings. The van der Waals surface area contributed by atoms with Gasteiger partial charge in [-0.2, -0.15) is 5.10 Å². The molecule has 4 heterocycles. The number of likely N-dealkylation sites (tertiary alicyclic amines) is 1. The second-order valence-electron chi connectivity index (χ2n) is 7.86. The van der Waals surface area contributed by atoms with Crippen LogP contribution >= 0.6 is 0 Å². The molecule has 0 aliphatic carbocycles. The van der Waals surface area contributed by atoms with Crippen molar-refractivity contribution in [2.75, 3.05) is 20.2 Å². The number of amides is 1. The van der Waals surface area contributed by atoms with Crippen molar-refractivity contribution in [1.82, 2.24) is 19.5 Å². The summed E-state index contributed by atoms with van der Waals surface area (Å²) in [6.07, 6.45) is 5.80. The maximum absolute atomic E-state index is 12.7. The van der Waals surface area contributed by atoms with Crippen LogP contribution in [-0.4, -0.2) is 45.6 Å². The van der Waals surface area contributed by atoms with Gasteiger partial charge in [0.1, 0.15) is 11.5 Å². The largest absolute Gasteiger partial charge is 0.497 e. The van der Waals surface area contributed by atoms with Gasteiger partial charge in [-0.15, -0.1) is 0 Å². The lowest BCUT2D eigenvalue weighted by Crippen LogP contribution is -2.40. The summed E-state index contributed by atoms with van der Waals surface area (Å²) >= 11 is 0. The third kappa shape index (κ3) is 4.03. The molecular weight excluding hydrogens is 392 g/mol. The van der Waals surface area contributed by atoms with Crippen molar-refractivity contribution in [3.63, 3.8) is 0 Å². The monoisotopic (exact) mass is 416 g/mol. The summed E-state index contributed by atoms with van der Waals surface area (Å²) in [4.78, 5) is 19.3. The topological polar surface area (TPSA) is 72.9 Å². The van der Waals surface area contributed by atoms with E-state index in [0.717, 1.165) is 47.7 Å². The number of carbonyl (C=O) groups excluding carboxylic acids is 1. The van der Waals surface area contributed by atoms with Crippen LogP contribution in [0.4, 0.5) is 0 Å². The first-order chi connectivity index (χ1) is 15.2. The second-order valence-corrected chi connectivity index (χ2v) is 7.86. The lowest BCUT2D eigenvalue weighted by Gasteiger charge is -2.31. The summed E-state index contributed by atoms with van der Waals surface area (Å²) < 4.78 is 12.5. The third-order valence-corrected chi connectivity index (χ3v) is 5.80. The summed E-state index contributed by atoms with van der Waals surface area (Å²) in [5.41, 5.74) is 2.91. The van der Waals surface area contributed by atoms with Crippen molar-refractivity contribution in [1.29, 1.82) is 0 Å². The highest BCUT2D eigenvalue weighted by Crippen LogP contribution is 2.27. The Morgan fingerprint density at radius 3 is 2.97 bits per heavy atom. The highest BCUT2D eigenvalue weighted by Gasteiger charge is 2.27. The molecule has 0 spiro atoms. The van der Waals surface area contributed by atoms with E-state index in [9.17, 15) is 4.79 Å². The first kappa shape index (κ1) is 19.4. The first-order valence-corrected chi connectivity index (χ1v) is 10.5. The van der Waals surface area contributed by atoms with Crippen LogP contribution in [0.25, 0.3) is 16.8 Å². The highest BCUT2D eigenvalue weighted by atomic mass is 16.5. The molecule has 5 rings (SSSR count). The van der Waals surface area contributed by atoms with E-state index >= 15 is 0 Å². The number of rotatable bonds is 5. The Labute approximate surface area is 180 Å². The van der Waals surface area contributed by atoms with Crippen LogP contribution in [0.5, 0.6) is 5.75 Å². The van der Waals surface area contributed by atoms with E-state index in [4.69, 9.17) is 19.2 Å². The maximum Gasteiger partial charge on any atom is 0.230 e. The van der Waals surface area contributed by atoms with Crippen LogP contribution in [0, 0.1) is 0 Å². The molecule has 1 aromatic carbocycles. The van der Waals surface area contributed by atoms with Gasteiger partial charge in [-0.3, -0.25) is 4.79 Å². The van der Waals surface area contributed by atoms with Gasteiger partial charge in [0, 0.05) is 30.8 Å². The van der Waals surface area contributed by atoms with Gasteiger partial charge in [0.25, 0.3) is 0 Å². The molecule has 31 heavy (non-hydrogen) atoms. The molecule has 1 aliphatic heterocycles. The van der Waals surface area contributed by atoms with Gasteiger partial charge in [0.2, 0.25) is 5.91 Å². The summed E-state index contributed by atoms with van der Waals surface area (Å²) in [5.74, 6) is 2.53. The number of pyridine rings is 1. The number of benzene rings is 1. The zero-order chi connectivity index (χ0) is 21.2. The molecule has 1 atom stereocenters. The van der Waals surface area contributed by atoms with Crippen molar-refractivity contribution < 1.29 is 13.9 Å². The quantitative estimate of drug-likeness (QED) is 0.493. The Morgan fingerprint density at radius 2 is 2.13 bits per heavy atom. The van der Waals surface area contributed by atoms with Gasteiger partial charge in [0.15, 0.2) is 11.5 Å². The van der Waals surface area contributed by atoms with Crippen LogP contribution in [0.2, 0.25) is 0 Å². The fourth-order valence-electron chi connectivity index (χ4n) is 4.14. The number of aromatic nitrogens is 3. The minimum absolute atomic E-state index is 0.0868. The van der Waals surface area contributed by atoms with Crippen LogP contribution in [0.1, 0.15) is 30.3 Å². The minimum Gasteiger partial charge on any atom is -0.497 e. The smallest absolute Gasteiger partial charge is 0.230 e. The van der Waals surface area contributed by atoms with Crippen LogP contribution < -0.4 is 4.74 Å². The molecule has 4 aromatic rings. The van der Waals surface area contributed by atoms with Crippen molar-refractivity contribution in [2.45, 2.75) is 25.2 Å². The van der Waals surface area contributed by atoms with Gasteiger partial charge in [-0.1, -0.05) is 12.1 Å². The normalized spacial score (nSPS) is 16.5. The molecule has 3 aromatic heterocycles. The van der Waals surface area contributed by atoms with Crippen LogP contribution in [0.3, 0.4) is 0 Å². The van der Waals surface area contributed by atoms with E-state index in [1.807, 2.05) is 64.1 Å². The van der Waals surface area contributed by atoms with E-state index < -0.39 is 0 Å². The molecule has 0 N–H and O–H groups in total. The molecule has 1 amide bonds. The van der Waals surface area contributed by atoms with Gasteiger partial charge < -0.3 is 14.1 Å². The Bertz CT molecular complexity index is 1200. The minimum atomic E-state index is 0.0868. The molecular formula is C24H24N4O3. The standard InChI is InChI=1S/C24H24N4O3/c1-30-20-7-2-5-17(13-20)18-9-10-22-25-24(26-28(22)16-18)19-6-3-11-27(15-19)23(29)14-21-8-4-12-31-21/h2,4-5,7-10,12-13,16,19H,3,6,11,14-15H2,1H3/t19-/m1/s1. The Kier molecular flexibility index (Phi) is 5.16. The number of methoxy groups -OCH3 is 1. The Morgan fingerprint density at radius 1 is 1.19 bits per heavy atom. The zero-order valence-corrected chi connectivity index (χ0v) is 17.4. The number of carbonyl (C=O) groups is 1. The number of nitrogens with zero attached hydrogens (tertiary/aromatic N) is 4. The fraction of sp³-hybridized carbons (Fsp3) is 0.292. The van der Waals surface area contributed by atoms with Gasteiger partial charge >= 0.3 is 0 Å². The molecule has 1 saturated heterocycles. The van der Waals surface area contributed by atoms with Crippen molar-refractivity contribution >= 4 is 11.6 Å². The predicted molar refractivity (Wildman–Crippen MR) is 116 cm³/mol. The summed E-state index contributed by atoms with van der Waals surface area (Å²) in [7, 11) is 1.67. The number of hydrogen-bond donors (Lipinski definition) is 0. The maximum atomic E-state index is 12.7. The highest BCUT2D eigenvalue weighted by molar-refractivity contribution is 5.78. The van der Waals surface area contributed by atoms with E-state index in [0.29, 0.717) is 18.7 Å². The molecule has 7 nitrogen and oxygen atoms in total. The number of ether oxygens (including phenoxy) is 1. The number of piperidine rings is 1. The summed E-state index contributed by atoms with van der Waals surface area (Å²) in [5, 5.41) is 4.75. The van der Waals surface area contributed by atoms with E-state index in [-0.39, 0.29) is 11.8 Å². The number of hydrogen-bond acceptors (Lipinski definition) is 5. The van der Waals surface area contributed by atoms with Crippen molar-refractivity contribution in [2.24, 2.45) is 0 Å². The molecule has 7 heteroatoms. The first-order valence-electron chi connectivity index (χ1n) is 10.5. The van der Waals surface area contributed by atoms with E-state index in [1.165, 1.54) is 0 Å². The van der Waals surface area contributed by atoms with Gasteiger partial charge in [0.05, 0.1) is 19.8 Å². The lowest BCUT2D eigenvalue weighted by molar-refractivity contribution is -0.132. The van der Waals surface area contributed by atoms with Gasteiger partial charge in [-0.25, -0.2) is 9.50 Å². The Balaban J connectivity index is 1.35. The molecule has 0 saturated carbocycles.